The largest absolute Gasteiger partial charge is 0.502 e. The Morgan fingerprint density at radius 2 is 1.75 bits per heavy atom. The van der Waals surface area contributed by atoms with Crippen molar-refractivity contribution < 1.29 is 19.8 Å². The van der Waals surface area contributed by atoms with Gasteiger partial charge in [0.15, 0.2) is 5.78 Å². The zero-order valence-corrected chi connectivity index (χ0v) is 8.04. The van der Waals surface area contributed by atoms with E-state index in [0.717, 1.165) is 0 Å². The van der Waals surface area contributed by atoms with Crippen molar-refractivity contribution >= 4 is 11.8 Å². The Labute approximate surface area is 90.9 Å². The second-order valence-electron chi connectivity index (χ2n) is 2.89. The molecule has 1 aromatic rings. The van der Waals surface area contributed by atoms with E-state index in [1.807, 2.05) is 6.07 Å². The van der Waals surface area contributed by atoms with Crippen molar-refractivity contribution in [2.24, 2.45) is 0 Å². The average Bonchev–Trinajstić information content (AvgIpc) is 2.28. The maximum absolute atomic E-state index is 11.4. The number of benzene rings is 1. The number of hydrogen-bond donors (Lipinski definition) is 2. The third-order valence-corrected chi connectivity index (χ3v) is 1.79. The van der Waals surface area contributed by atoms with Crippen molar-refractivity contribution in [2.45, 2.75) is 0 Å². The van der Waals surface area contributed by atoms with Gasteiger partial charge in [0, 0.05) is 11.6 Å². The van der Waals surface area contributed by atoms with E-state index in [-0.39, 0.29) is 5.56 Å². The molecule has 0 aliphatic heterocycles. The number of aliphatic hydroxyl groups is 1. The van der Waals surface area contributed by atoms with Gasteiger partial charge in [-0.05, 0) is 24.3 Å². The monoisotopic (exact) mass is 217 g/mol. The lowest BCUT2D eigenvalue weighted by atomic mass is 10.1. The molecule has 16 heavy (non-hydrogen) atoms. The van der Waals surface area contributed by atoms with Gasteiger partial charge >= 0.3 is 5.97 Å². The van der Waals surface area contributed by atoms with Gasteiger partial charge in [-0.2, -0.15) is 5.26 Å². The van der Waals surface area contributed by atoms with E-state index in [0.29, 0.717) is 11.6 Å². The number of aliphatic carboxylic acids is 1. The molecule has 0 aromatic heterocycles. The number of hydrogen-bond acceptors (Lipinski definition) is 4. The van der Waals surface area contributed by atoms with E-state index in [2.05, 4.69) is 0 Å². The van der Waals surface area contributed by atoms with Crippen molar-refractivity contribution in [3.05, 3.63) is 47.2 Å². The molecule has 0 fully saturated rings. The molecule has 5 heteroatoms. The summed E-state index contributed by atoms with van der Waals surface area (Å²) in [5.41, 5.74) is 0.592. The second kappa shape index (κ2) is 4.75. The molecule has 0 spiro atoms. The third kappa shape index (κ3) is 2.69. The molecule has 0 aliphatic rings. The van der Waals surface area contributed by atoms with Crippen LogP contribution in [0.25, 0.3) is 0 Å². The van der Waals surface area contributed by atoms with Crippen LogP contribution in [0.4, 0.5) is 0 Å². The molecule has 1 rings (SSSR count). The molecule has 0 bridgehead atoms. The van der Waals surface area contributed by atoms with Gasteiger partial charge in [0.2, 0.25) is 5.76 Å². The zero-order chi connectivity index (χ0) is 12.1. The van der Waals surface area contributed by atoms with Crippen LogP contribution in [-0.2, 0) is 4.79 Å². The van der Waals surface area contributed by atoms with Crippen molar-refractivity contribution in [2.75, 3.05) is 0 Å². The summed E-state index contributed by atoms with van der Waals surface area (Å²) in [6, 6.07) is 7.50. The smallest absolute Gasteiger partial charge is 0.371 e. The van der Waals surface area contributed by atoms with Gasteiger partial charge in [0.05, 0.1) is 11.6 Å². The minimum atomic E-state index is -1.57. The molecule has 0 saturated heterocycles. The molecule has 0 aliphatic carbocycles. The molecule has 0 amide bonds. The Morgan fingerprint density at radius 1 is 1.19 bits per heavy atom. The fraction of sp³-hybridized carbons (Fsp3) is 0. The summed E-state index contributed by atoms with van der Waals surface area (Å²) < 4.78 is 0. The number of rotatable bonds is 3. The minimum Gasteiger partial charge on any atom is -0.502 e. The molecular formula is C11H7NO4. The van der Waals surface area contributed by atoms with Gasteiger partial charge in [0.25, 0.3) is 0 Å². The first-order valence-electron chi connectivity index (χ1n) is 4.23. The fourth-order valence-electron chi connectivity index (χ4n) is 0.978. The quantitative estimate of drug-likeness (QED) is 0.451. The predicted octanol–water partition coefficient (Wildman–Crippen LogP) is 1.27. The van der Waals surface area contributed by atoms with Gasteiger partial charge < -0.3 is 10.2 Å². The van der Waals surface area contributed by atoms with Gasteiger partial charge in [0.1, 0.15) is 0 Å². The number of allylic oxidation sites excluding steroid dienone is 1. The topological polar surface area (TPSA) is 98.4 Å². The van der Waals surface area contributed by atoms with Gasteiger partial charge in [-0.25, -0.2) is 4.79 Å². The van der Waals surface area contributed by atoms with E-state index in [9.17, 15) is 9.59 Å². The van der Waals surface area contributed by atoms with Crippen molar-refractivity contribution in [3.8, 4) is 6.07 Å². The molecule has 0 saturated carbocycles. The molecular weight excluding hydrogens is 210 g/mol. The van der Waals surface area contributed by atoms with Crippen LogP contribution in [-0.4, -0.2) is 22.0 Å². The summed E-state index contributed by atoms with van der Waals surface area (Å²) in [5, 5.41) is 25.7. The summed E-state index contributed by atoms with van der Waals surface area (Å²) in [7, 11) is 0. The van der Waals surface area contributed by atoms with Crippen molar-refractivity contribution in [3.63, 3.8) is 0 Å². The molecule has 5 nitrogen and oxygen atoms in total. The van der Waals surface area contributed by atoms with E-state index in [1.54, 1.807) is 0 Å². The Morgan fingerprint density at radius 3 is 2.19 bits per heavy atom. The number of carboxylic acids is 1. The fourth-order valence-corrected chi connectivity index (χ4v) is 0.978. The first-order chi connectivity index (χ1) is 7.54. The number of carbonyl (C=O) groups excluding carboxylic acids is 1. The average molecular weight is 217 g/mol. The lowest BCUT2D eigenvalue weighted by Crippen LogP contribution is -2.03. The maximum atomic E-state index is 11.4. The number of nitrogens with zero attached hydrogens (tertiary/aromatic N) is 1. The van der Waals surface area contributed by atoms with Crippen LogP contribution in [0.3, 0.4) is 0 Å². The normalized spacial score (nSPS) is 10.6. The summed E-state index contributed by atoms with van der Waals surface area (Å²) in [6.07, 6.45) is 0.615. The minimum absolute atomic E-state index is 0.201. The number of carboxylic acid groups (broad SMARTS) is 1. The molecule has 0 unspecified atom stereocenters. The number of ketones is 1. The molecule has 2 N–H and O–H groups in total. The van der Waals surface area contributed by atoms with Crippen LogP contribution in [0, 0.1) is 11.3 Å². The number of carbonyl (C=O) groups is 2. The van der Waals surface area contributed by atoms with Gasteiger partial charge in [-0.3, -0.25) is 4.79 Å². The highest BCUT2D eigenvalue weighted by Crippen LogP contribution is 2.06. The van der Waals surface area contributed by atoms with Crippen LogP contribution >= 0.6 is 0 Å². The highest BCUT2D eigenvalue weighted by atomic mass is 16.4. The van der Waals surface area contributed by atoms with E-state index >= 15 is 0 Å². The van der Waals surface area contributed by atoms with Crippen LogP contribution in [0.2, 0.25) is 0 Å². The molecule has 1 aromatic carbocycles. The molecule has 80 valence electrons. The third-order valence-electron chi connectivity index (χ3n) is 1.79. The Bertz CT molecular complexity index is 494. The van der Waals surface area contributed by atoms with Crippen LogP contribution in [0.1, 0.15) is 15.9 Å². The second-order valence-corrected chi connectivity index (χ2v) is 2.89. The summed E-state index contributed by atoms with van der Waals surface area (Å²) in [4.78, 5) is 21.6. The Kier molecular flexibility index (Phi) is 3.41. The molecule has 0 radical (unpaired) electrons. The number of nitriles is 1. The van der Waals surface area contributed by atoms with E-state index in [1.165, 1.54) is 24.3 Å². The Hall–Kier alpha value is -2.61. The van der Waals surface area contributed by atoms with E-state index < -0.39 is 17.5 Å². The lowest BCUT2D eigenvalue weighted by Gasteiger charge is -1.96. The highest BCUT2D eigenvalue weighted by Gasteiger charge is 2.09. The molecule has 0 heterocycles. The Balaban J connectivity index is 2.94. The van der Waals surface area contributed by atoms with Gasteiger partial charge in [-0.15, -0.1) is 0 Å². The lowest BCUT2D eigenvalue weighted by molar-refractivity contribution is -0.135. The van der Waals surface area contributed by atoms with Crippen LogP contribution in [0.15, 0.2) is 36.1 Å². The zero-order valence-electron chi connectivity index (χ0n) is 8.04. The standard InChI is InChI=1S/C11H7NO4/c12-6-7-1-3-8(4-2-7)9(13)5-10(14)11(15)16/h1-5,14H,(H,15,16)/b10-5-. The summed E-state index contributed by atoms with van der Waals surface area (Å²) >= 11 is 0. The first kappa shape index (κ1) is 11.5. The van der Waals surface area contributed by atoms with Crippen LogP contribution < -0.4 is 0 Å². The predicted molar refractivity (Wildman–Crippen MR) is 53.8 cm³/mol. The van der Waals surface area contributed by atoms with E-state index in [4.69, 9.17) is 15.5 Å². The SMILES string of the molecule is N#Cc1ccc(C(=O)/C=C(\O)C(=O)O)cc1. The summed E-state index contributed by atoms with van der Waals surface area (Å²) in [5.74, 6) is -3.22. The highest BCUT2D eigenvalue weighted by molar-refractivity contribution is 6.07. The van der Waals surface area contributed by atoms with Crippen LogP contribution in [0.5, 0.6) is 0 Å². The maximum Gasteiger partial charge on any atom is 0.371 e. The number of aliphatic hydroxyl groups excluding tert-OH is 1. The van der Waals surface area contributed by atoms with Crippen molar-refractivity contribution in [1.82, 2.24) is 0 Å². The van der Waals surface area contributed by atoms with Crippen molar-refractivity contribution in [1.29, 1.82) is 5.26 Å². The summed E-state index contributed by atoms with van der Waals surface area (Å²) in [6.45, 7) is 0. The molecule has 0 atom stereocenters. The first-order valence-corrected chi connectivity index (χ1v) is 4.23. The van der Waals surface area contributed by atoms with Gasteiger partial charge in [-0.1, -0.05) is 0 Å².